The van der Waals surface area contributed by atoms with E-state index in [4.69, 9.17) is 11.6 Å². The fraction of sp³-hybridized carbons (Fsp3) is 0.308. The van der Waals surface area contributed by atoms with Gasteiger partial charge in [-0.3, -0.25) is 0 Å². The molecule has 1 aromatic carbocycles. The lowest BCUT2D eigenvalue weighted by atomic mass is 10.2. The van der Waals surface area contributed by atoms with Crippen LogP contribution in [0.15, 0.2) is 18.2 Å². The molecule has 2 rings (SSSR count). The molecule has 0 bridgehead atoms. The van der Waals surface area contributed by atoms with Crippen LogP contribution in [0.1, 0.15) is 6.92 Å². The molecule has 0 saturated carbocycles. The van der Waals surface area contributed by atoms with Gasteiger partial charge in [-0.25, -0.2) is 4.39 Å². The van der Waals surface area contributed by atoms with Gasteiger partial charge in [-0.05, 0) is 25.1 Å². The zero-order valence-electron chi connectivity index (χ0n) is 11.5. The summed E-state index contributed by atoms with van der Waals surface area (Å²) in [7, 11) is 3.65. The molecule has 7 heteroatoms. The Labute approximate surface area is 121 Å². The zero-order chi connectivity index (χ0) is 14.7. The maximum Gasteiger partial charge on any atom is 0.230 e. The molecule has 1 heterocycles. The Balaban J connectivity index is 2.54. The standard InChI is InChI=1S/C13H15ClFN5/c1-4-16-12-17-11(18-13(19-12)20(2)3)8-5-9(14)7-10(15)6-8/h5-7H,4H2,1-3H3,(H,16,17,18,19). The van der Waals surface area contributed by atoms with E-state index in [2.05, 4.69) is 20.3 Å². The van der Waals surface area contributed by atoms with Gasteiger partial charge in [0, 0.05) is 31.2 Å². The second-order valence-corrected chi connectivity index (χ2v) is 4.80. The zero-order valence-corrected chi connectivity index (χ0v) is 12.2. The summed E-state index contributed by atoms with van der Waals surface area (Å²) in [6, 6.07) is 4.20. The molecule has 0 radical (unpaired) electrons. The van der Waals surface area contributed by atoms with Gasteiger partial charge >= 0.3 is 0 Å². The van der Waals surface area contributed by atoms with Crippen molar-refractivity contribution in [3.8, 4) is 11.4 Å². The molecule has 20 heavy (non-hydrogen) atoms. The predicted molar refractivity (Wildman–Crippen MR) is 78.7 cm³/mol. The molecule has 0 aliphatic carbocycles. The van der Waals surface area contributed by atoms with Crippen molar-refractivity contribution < 1.29 is 4.39 Å². The van der Waals surface area contributed by atoms with Gasteiger partial charge in [0.05, 0.1) is 0 Å². The molecule has 0 saturated heterocycles. The lowest BCUT2D eigenvalue weighted by Crippen LogP contribution is -2.15. The van der Waals surface area contributed by atoms with Crippen LogP contribution in [0.4, 0.5) is 16.3 Å². The van der Waals surface area contributed by atoms with Crippen molar-refractivity contribution in [2.45, 2.75) is 6.92 Å². The highest BCUT2D eigenvalue weighted by molar-refractivity contribution is 6.30. The maximum absolute atomic E-state index is 13.4. The molecule has 106 valence electrons. The summed E-state index contributed by atoms with van der Waals surface area (Å²) in [6.45, 7) is 2.62. The first-order valence-electron chi connectivity index (χ1n) is 6.13. The molecule has 0 atom stereocenters. The third-order valence-corrected chi connectivity index (χ3v) is 2.70. The van der Waals surface area contributed by atoms with E-state index >= 15 is 0 Å². The summed E-state index contributed by atoms with van der Waals surface area (Å²) < 4.78 is 13.4. The molecule has 0 aliphatic rings. The molecular formula is C13H15ClFN5. The second kappa shape index (κ2) is 6.00. The summed E-state index contributed by atoms with van der Waals surface area (Å²) in [6.07, 6.45) is 0. The Hall–Kier alpha value is -1.95. The first-order valence-corrected chi connectivity index (χ1v) is 6.51. The number of hydrogen-bond donors (Lipinski definition) is 1. The van der Waals surface area contributed by atoms with E-state index in [1.165, 1.54) is 12.1 Å². The van der Waals surface area contributed by atoms with E-state index in [-0.39, 0.29) is 0 Å². The maximum atomic E-state index is 13.4. The van der Waals surface area contributed by atoms with Gasteiger partial charge in [0.25, 0.3) is 0 Å². The van der Waals surface area contributed by atoms with E-state index in [1.54, 1.807) is 11.0 Å². The van der Waals surface area contributed by atoms with Crippen LogP contribution in [-0.2, 0) is 0 Å². The number of anilines is 2. The van der Waals surface area contributed by atoms with Gasteiger partial charge in [0.1, 0.15) is 5.82 Å². The third-order valence-electron chi connectivity index (χ3n) is 2.48. The number of nitrogens with one attached hydrogen (secondary N) is 1. The van der Waals surface area contributed by atoms with Crippen molar-refractivity contribution in [2.24, 2.45) is 0 Å². The predicted octanol–water partition coefficient (Wildman–Crippen LogP) is 2.83. The van der Waals surface area contributed by atoms with Gasteiger partial charge < -0.3 is 10.2 Å². The highest BCUT2D eigenvalue weighted by atomic mass is 35.5. The van der Waals surface area contributed by atoms with Crippen molar-refractivity contribution in [3.63, 3.8) is 0 Å². The minimum atomic E-state index is -0.427. The largest absolute Gasteiger partial charge is 0.354 e. The molecule has 0 amide bonds. The second-order valence-electron chi connectivity index (χ2n) is 4.37. The minimum Gasteiger partial charge on any atom is -0.354 e. The van der Waals surface area contributed by atoms with Crippen LogP contribution in [0.5, 0.6) is 0 Å². The number of aromatic nitrogens is 3. The Morgan fingerprint density at radius 3 is 2.55 bits per heavy atom. The van der Waals surface area contributed by atoms with Crippen LogP contribution < -0.4 is 10.2 Å². The highest BCUT2D eigenvalue weighted by Crippen LogP contribution is 2.23. The van der Waals surface area contributed by atoms with Crippen LogP contribution in [0.2, 0.25) is 5.02 Å². The molecule has 1 N–H and O–H groups in total. The number of rotatable bonds is 4. The molecule has 1 aromatic heterocycles. The van der Waals surface area contributed by atoms with Gasteiger partial charge in [-0.15, -0.1) is 0 Å². The summed E-state index contributed by atoms with van der Waals surface area (Å²) >= 11 is 5.87. The summed E-state index contributed by atoms with van der Waals surface area (Å²) in [5, 5.41) is 3.33. The number of halogens is 2. The summed E-state index contributed by atoms with van der Waals surface area (Å²) in [4.78, 5) is 14.6. The van der Waals surface area contributed by atoms with E-state index < -0.39 is 5.82 Å². The van der Waals surface area contributed by atoms with Gasteiger partial charge in [-0.1, -0.05) is 11.6 Å². The normalized spacial score (nSPS) is 10.4. The fourth-order valence-corrected chi connectivity index (χ4v) is 1.84. The van der Waals surface area contributed by atoms with Crippen LogP contribution in [0, 0.1) is 5.82 Å². The molecular weight excluding hydrogens is 281 g/mol. The van der Waals surface area contributed by atoms with Crippen LogP contribution in [0.3, 0.4) is 0 Å². The van der Waals surface area contributed by atoms with Crippen molar-refractivity contribution >= 4 is 23.5 Å². The Kier molecular flexibility index (Phi) is 4.34. The highest BCUT2D eigenvalue weighted by Gasteiger charge is 2.11. The number of nitrogens with zero attached hydrogens (tertiary/aromatic N) is 4. The quantitative estimate of drug-likeness (QED) is 0.940. The lowest BCUT2D eigenvalue weighted by Gasteiger charge is -2.13. The van der Waals surface area contributed by atoms with Gasteiger partial charge in [0.2, 0.25) is 11.9 Å². The van der Waals surface area contributed by atoms with Crippen LogP contribution >= 0.6 is 11.6 Å². The monoisotopic (exact) mass is 295 g/mol. The lowest BCUT2D eigenvalue weighted by molar-refractivity contribution is 0.628. The van der Waals surface area contributed by atoms with Crippen LogP contribution in [-0.4, -0.2) is 35.6 Å². The van der Waals surface area contributed by atoms with E-state index in [0.717, 1.165) is 0 Å². The topological polar surface area (TPSA) is 53.9 Å². The Morgan fingerprint density at radius 1 is 1.20 bits per heavy atom. The molecule has 0 spiro atoms. The van der Waals surface area contributed by atoms with E-state index in [0.29, 0.717) is 34.9 Å². The van der Waals surface area contributed by atoms with Crippen LogP contribution in [0.25, 0.3) is 11.4 Å². The van der Waals surface area contributed by atoms with Crippen molar-refractivity contribution in [3.05, 3.63) is 29.0 Å². The first kappa shape index (κ1) is 14.5. The smallest absolute Gasteiger partial charge is 0.230 e. The third kappa shape index (κ3) is 3.33. The van der Waals surface area contributed by atoms with Gasteiger partial charge in [0.15, 0.2) is 5.82 Å². The fourth-order valence-electron chi connectivity index (χ4n) is 1.61. The molecule has 0 aliphatic heterocycles. The van der Waals surface area contributed by atoms with E-state index in [9.17, 15) is 4.39 Å². The summed E-state index contributed by atoms with van der Waals surface area (Å²) in [5.74, 6) is 0.887. The molecule has 0 fully saturated rings. The van der Waals surface area contributed by atoms with E-state index in [1.807, 2.05) is 21.0 Å². The van der Waals surface area contributed by atoms with Gasteiger partial charge in [-0.2, -0.15) is 15.0 Å². The average molecular weight is 296 g/mol. The molecule has 2 aromatic rings. The Bertz CT molecular complexity index is 597. The first-order chi connectivity index (χ1) is 9.49. The number of benzene rings is 1. The molecule has 5 nitrogen and oxygen atoms in total. The molecule has 0 unspecified atom stereocenters. The average Bonchev–Trinajstić information content (AvgIpc) is 2.37. The van der Waals surface area contributed by atoms with Crippen molar-refractivity contribution in [1.82, 2.24) is 15.0 Å². The van der Waals surface area contributed by atoms with Crippen molar-refractivity contribution in [2.75, 3.05) is 30.9 Å². The SMILES string of the molecule is CCNc1nc(-c2cc(F)cc(Cl)c2)nc(N(C)C)n1. The summed E-state index contributed by atoms with van der Waals surface area (Å²) in [5.41, 5.74) is 0.514. The van der Waals surface area contributed by atoms with Crippen molar-refractivity contribution in [1.29, 1.82) is 0 Å². The number of hydrogen-bond acceptors (Lipinski definition) is 5. The minimum absolute atomic E-state index is 0.303. The Morgan fingerprint density at radius 2 is 1.95 bits per heavy atom.